The smallest absolute Gasteiger partial charge is 0.408 e. The second kappa shape index (κ2) is 6.06. The van der Waals surface area contributed by atoms with Crippen LogP contribution >= 0.6 is 0 Å². The van der Waals surface area contributed by atoms with Crippen LogP contribution in [0.25, 0.3) is 11.1 Å². The maximum Gasteiger partial charge on any atom is 0.417 e. The van der Waals surface area contributed by atoms with Crippen LogP contribution in [0, 0.1) is 5.92 Å². The molecule has 1 aromatic carbocycles. The summed E-state index contributed by atoms with van der Waals surface area (Å²) >= 11 is 0. The number of aromatic amines is 1. The summed E-state index contributed by atoms with van der Waals surface area (Å²) in [4.78, 5) is 13.9. The number of hydrogen-bond acceptors (Lipinski definition) is 3. The number of rotatable bonds is 6. The molecule has 0 aliphatic heterocycles. The van der Waals surface area contributed by atoms with Crippen LogP contribution in [-0.2, 0) is 0 Å². The highest BCUT2D eigenvalue weighted by atomic mass is 16.4. The van der Waals surface area contributed by atoms with Crippen LogP contribution in [-0.4, -0.2) is 11.5 Å². The molecule has 0 saturated carbocycles. The van der Waals surface area contributed by atoms with Crippen LogP contribution < -0.4 is 11.1 Å². The van der Waals surface area contributed by atoms with Gasteiger partial charge in [-0.05, 0) is 36.6 Å². The van der Waals surface area contributed by atoms with Gasteiger partial charge in [0, 0.05) is 6.04 Å². The molecule has 0 saturated heterocycles. The van der Waals surface area contributed by atoms with Crippen LogP contribution in [0.3, 0.4) is 0 Å². The summed E-state index contributed by atoms with van der Waals surface area (Å²) in [6.07, 6.45) is 2.34. The lowest BCUT2D eigenvalue weighted by Gasteiger charge is -2.25. The van der Waals surface area contributed by atoms with Crippen molar-refractivity contribution in [1.82, 2.24) is 10.3 Å². The van der Waals surface area contributed by atoms with Gasteiger partial charge in [-0.25, -0.2) is 4.79 Å². The van der Waals surface area contributed by atoms with E-state index in [4.69, 9.17) is 4.42 Å². The molecular weight excluding hydrogens is 240 g/mol. The molecule has 1 aromatic heterocycles. The van der Waals surface area contributed by atoms with Gasteiger partial charge in [0.25, 0.3) is 0 Å². The lowest BCUT2D eigenvalue weighted by Crippen LogP contribution is -2.26. The lowest BCUT2D eigenvalue weighted by atomic mass is 9.91. The van der Waals surface area contributed by atoms with Gasteiger partial charge in [-0.2, -0.15) is 0 Å². The molecule has 0 bridgehead atoms. The fourth-order valence-electron chi connectivity index (χ4n) is 2.64. The minimum atomic E-state index is -0.395. The zero-order chi connectivity index (χ0) is 13.8. The molecule has 0 aliphatic rings. The van der Waals surface area contributed by atoms with Crippen molar-refractivity contribution in [3.63, 3.8) is 0 Å². The Kier molecular flexibility index (Phi) is 4.43. The molecule has 104 valence electrons. The van der Waals surface area contributed by atoms with Crippen molar-refractivity contribution in [2.24, 2.45) is 5.92 Å². The third-order valence-electron chi connectivity index (χ3n) is 3.54. The van der Waals surface area contributed by atoms with Gasteiger partial charge in [0.05, 0.1) is 5.52 Å². The van der Waals surface area contributed by atoms with E-state index in [1.807, 2.05) is 12.1 Å². The van der Waals surface area contributed by atoms with Gasteiger partial charge < -0.3 is 9.73 Å². The summed E-state index contributed by atoms with van der Waals surface area (Å²) in [5.74, 6) is 0.154. The van der Waals surface area contributed by atoms with Crippen molar-refractivity contribution in [1.29, 1.82) is 0 Å². The number of oxazole rings is 1. The molecule has 0 radical (unpaired) electrons. The minimum Gasteiger partial charge on any atom is -0.408 e. The number of nitrogens with one attached hydrogen (secondary N) is 2. The van der Waals surface area contributed by atoms with E-state index in [0.29, 0.717) is 17.5 Å². The first-order valence-electron chi connectivity index (χ1n) is 7.01. The Labute approximate surface area is 113 Å². The lowest BCUT2D eigenvalue weighted by molar-refractivity contribution is 0.369. The summed E-state index contributed by atoms with van der Waals surface area (Å²) in [6, 6.07) is 6.24. The second-order valence-corrected chi connectivity index (χ2v) is 5.07. The summed E-state index contributed by atoms with van der Waals surface area (Å²) in [5, 5.41) is 3.52. The first-order valence-corrected chi connectivity index (χ1v) is 7.01. The Morgan fingerprint density at radius 1 is 1.37 bits per heavy atom. The molecule has 2 unspecified atom stereocenters. The molecule has 4 nitrogen and oxygen atoms in total. The van der Waals surface area contributed by atoms with Crippen molar-refractivity contribution in [3.05, 3.63) is 34.3 Å². The number of fused-ring (bicyclic) bond motifs is 1. The van der Waals surface area contributed by atoms with E-state index in [9.17, 15) is 4.79 Å². The van der Waals surface area contributed by atoms with Crippen LogP contribution in [0.15, 0.2) is 27.4 Å². The Bertz CT molecular complexity index is 585. The molecule has 19 heavy (non-hydrogen) atoms. The Morgan fingerprint density at radius 3 is 2.84 bits per heavy atom. The van der Waals surface area contributed by atoms with Crippen LogP contribution in [0.5, 0.6) is 0 Å². The quantitative estimate of drug-likeness (QED) is 0.840. The fourth-order valence-corrected chi connectivity index (χ4v) is 2.64. The highest BCUT2D eigenvalue weighted by Gasteiger charge is 2.18. The van der Waals surface area contributed by atoms with Crippen molar-refractivity contribution >= 4 is 11.1 Å². The SMILES string of the molecule is CCCC(C)C(NCC)c1ccc2[nH]c(=O)oc2c1. The number of H-pyrrole nitrogens is 1. The molecule has 2 aromatic rings. The maximum atomic E-state index is 11.2. The van der Waals surface area contributed by atoms with E-state index < -0.39 is 5.76 Å². The highest BCUT2D eigenvalue weighted by molar-refractivity contribution is 5.72. The van der Waals surface area contributed by atoms with Crippen LogP contribution in [0.4, 0.5) is 0 Å². The maximum absolute atomic E-state index is 11.2. The summed E-state index contributed by atoms with van der Waals surface area (Å²) in [6.45, 7) is 7.50. The molecule has 2 N–H and O–H groups in total. The number of benzene rings is 1. The first-order chi connectivity index (χ1) is 9.15. The highest BCUT2D eigenvalue weighted by Crippen LogP contribution is 2.27. The van der Waals surface area contributed by atoms with Crippen molar-refractivity contribution in [3.8, 4) is 0 Å². The van der Waals surface area contributed by atoms with Crippen molar-refractivity contribution in [2.45, 2.75) is 39.7 Å². The molecule has 1 heterocycles. The van der Waals surface area contributed by atoms with Gasteiger partial charge in [-0.15, -0.1) is 0 Å². The Balaban J connectivity index is 2.34. The summed E-state index contributed by atoms with van der Waals surface area (Å²) in [5.41, 5.74) is 2.57. The largest absolute Gasteiger partial charge is 0.417 e. The first kappa shape index (κ1) is 13.9. The van der Waals surface area contributed by atoms with Gasteiger partial charge in [-0.3, -0.25) is 4.98 Å². The molecule has 0 spiro atoms. The average Bonchev–Trinajstić information content (AvgIpc) is 2.75. The third-order valence-corrected chi connectivity index (χ3v) is 3.54. The van der Waals surface area contributed by atoms with E-state index in [1.54, 1.807) is 0 Å². The number of hydrogen-bond donors (Lipinski definition) is 2. The van der Waals surface area contributed by atoms with Gasteiger partial charge in [-0.1, -0.05) is 33.3 Å². The molecule has 0 fully saturated rings. The van der Waals surface area contributed by atoms with Crippen molar-refractivity contribution < 1.29 is 4.42 Å². The normalized spacial score (nSPS) is 14.7. The monoisotopic (exact) mass is 262 g/mol. The van der Waals surface area contributed by atoms with Crippen molar-refractivity contribution in [2.75, 3.05) is 6.54 Å². The van der Waals surface area contributed by atoms with Gasteiger partial charge in [0.1, 0.15) is 0 Å². The van der Waals surface area contributed by atoms with E-state index in [2.05, 4.69) is 37.1 Å². The second-order valence-electron chi connectivity index (χ2n) is 5.07. The molecule has 4 heteroatoms. The molecule has 0 amide bonds. The molecule has 2 rings (SSSR count). The predicted octanol–water partition coefficient (Wildman–Crippen LogP) is 3.21. The predicted molar refractivity (Wildman–Crippen MR) is 77.3 cm³/mol. The fraction of sp³-hybridized carbons (Fsp3) is 0.533. The molecular formula is C15H22N2O2. The van der Waals surface area contributed by atoms with E-state index in [1.165, 1.54) is 18.4 Å². The van der Waals surface area contributed by atoms with Gasteiger partial charge >= 0.3 is 5.76 Å². The van der Waals surface area contributed by atoms with Crippen LogP contribution in [0.2, 0.25) is 0 Å². The third kappa shape index (κ3) is 3.07. The standard InChI is InChI=1S/C15H22N2O2/c1-4-6-10(3)14(16-5-2)11-7-8-12-13(9-11)19-15(18)17-12/h7-10,14,16H,4-6H2,1-3H3,(H,17,18). The van der Waals surface area contributed by atoms with Gasteiger partial charge in [0.15, 0.2) is 5.58 Å². The van der Waals surface area contributed by atoms with Crippen LogP contribution in [0.1, 0.15) is 45.2 Å². The summed E-state index contributed by atoms with van der Waals surface area (Å²) in [7, 11) is 0. The average molecular weight is 262 g/mol. The number of aromatic nitrogens is 1. The minimum absolute atomic E-state index is 0.301. The Morgan fingerprint density at radius 2 is 2.16 bits per heavy atom. The van der Waals surface area contributed by atoms with E-state index in [-0.39, 0.29) is 0 Å². The zero-order valence-electron chi connectivity index (χ0n) is 11.8. The molecule has 2 atom stereocenters. The topological polar surface area (TPSA) is 58.0 Å². The summed E-state index contributed by atoms with van der Waals surface area (Å²) < 4.78 is 5.14. The van der Waals surface area contributed by atoms with Gasteiger partial charge in [0.2, 0.25) is 0 Å². The molecule has 0 aliphatic carbocycles. The Hall–Kier alpha value is -1.55. The van der Waals surface area contributed by atoms with E-state index >= 15 is 0 Å². The van der Waals surface area contributed by atoms with E-state index in [0.717, 1.165) is 12.1 Å². The zero-order valence-corrected chi connectivity index (χ0v) is 11.8.